The third-order valence-corrected chi connectivity index (χ3v) is 14.6. The number of aromatic nitrogens is 2. The molecule has 0 amide bonds. The summed E-state index contributed by atoms with van der Waals surface area (Å²) in [7, 11) is -11.3. The van der Waals surface area contributed by atoms with E-state index >= 15 is 0 Å². The third kappa shape index (κ3) is 26.5. The van der Waals surface area contributed by atoms with Crippen molar-refractivity contribution in [3.63, 3.8) is 0 Å². The number of phosphoric ester groups is 2. The zero-order valence-electron chi connectivity index (χ0n) is 43.0. The second-order valence-corrected chi connectivity index (χ2v) is 21.4. The van der Waals surface area contributed by atoms with Crippen molar-refractivity contribution in [2.45, 2.75) is 179 Å². The number of esters is 2. The van der Waals surface area contributed by atoms with Crippen LogP contribution >= 0.6 is 15.6 Å². The fourth-order valence-corrected chi connectivity index (χ4v) is 9.93. The zero-order valence-corrected chi connectivity index (χ0v) is 44.8. The normalized spacial score (nSPS) is 28.8. The lowest BCUT2D eigenvalue weighted by Crippen LogP contribution is -2.49. The monoisotopic (exact) mass is 1080 g/mol. The van der Waals surface area contributed by atoms with E-state index in [4.69, 9.17) is 29.0 Å². The van der Waals surface area contributed by atoms with Crippen LogP contribution in [0.1, 0.15) is 148 Å². The summed E-state index contributed by atoms with van der Waals surface area (Å²) in [5.74, 6) is -4.73. The van der Waals surface area contributed by atoms with Crippen LogP contribution in [0, 0.1) is 11.8 Å². The van der Waals surface area contributed by atoms with Crippen molar-refractivity contribution in [2.75, 3.05) is 25.6 Å². The van der Waals surface area contributed by atoms with Crippen LogP contribution in [0.2, 0.25) is 0 Å². The number of phosphoric acid groups is 2. The number of carbonyl (C=O) groups excluding carboxylic acids is 3. The lowest BCUT2D eigenvalue weighted by atomic mass is 9.88. The average molecular weight is 1080 g/mol. The number of aliphatic hydroxyl groups is 3. The number of ketones is 1. The number of aliphatic hydroxyl groups excluding tert-OH is 3. The summed E-state index contributed by atoms with van der Waals surface area (Å²) < 4.78 is 59.1. The maximum Gasteiger partial charge on any atom is 0.481 e. The first-order valence-electron chi connectivity index (χ1n) is 26.0. The third-order valence-electron chi connectivity index (χ3n) is 12.0. The van der Waals surface area contributed by atoms with Crippen molar-refractivity contribution in [3.8, 4) is 0 Å². The van der Waals surface area contributed by atoms with Gasteiger partial charge in [0.2, 0.25) is 0 Å². The number of nitrogen functional groups attached to an aromatic ring is 1. The molecule has 0 fully saturated rings. The number of ether oxygens (including phenoxy) is 3. The molecule has 10 atom stereocenters. The lowest BCUT2D eigenvalue weighted by Gasteiger charge is -2.36. The number of carbonyl (C=O) groups is 3. The molecule has 0 aliphatic carbocycles. The summed E-state index contributed by atoms with van der Waals surface area (Å²) in [4.78, 5) is 78.0. The van der Waals surface area contributed by atoms with Gasteiger partial charge in [-0.15, -0.1) is 0 Å². The largest absolute Gasteiger partial charge is 0.481 e. The van der Waals surface area contributed by atoms with Crippen molar-refractivity contribution in [1.82, 2.24) is 9.55 Å². The van der Waals surface area contributed by atoms with Gasteiger partial charge >= 0.3 is 33.3 Å². The lowest BCUT2D eigenvalue weighted by molar-refractivity contribution is -0.167. The zero-order chi connectivity index (χ0) is 54.2. The quantitative estimate of drug-likeness (QED) is 0.0259. The Bertz CT molecular complexity index is 2180. The Balaban J connectivity index is 1.76. The fourth-order valence-electron chi connectivity index (χ4n) is 7.82. The van der Waals surface area contributed by atoms with E-state index in [0.717, 1.165) is 68.4 Å². The Morgan fingerprint density at radius 1 is 0.865 bits per heavy atom. The van der Waals surface area contributed by atoms with E-state index in [9.17, 15) is 53.4 Å². The Labute approximate surface area is 435 Å². The van der Waals surface area contributed by atoms with Gasteiger partial charge in [-0.1, -0.05) is 126 Å². The molecule has 416 valence electrons. The van der Waals surface area contributed by atoms with E-state index in [1.165, 1.54) is 49.8 Å². The second-order valence-electron chi connectivity index (χ2n) is 18.3. The first kappa shape index (κ1) is 64.1. The van der Waals surface area contributed by atoms with Crippen LogP contribution in [0.25, 0.3) is 0 Å². The molecule has 2 bridgehead atoms. The maximum absolute atomic E-state index is 13.8. The molecular formula is C52H81N3O17P2. The molecule has 3 rings (SSSR count). The van der Waals surface area contributed by atoms with Gasteiger partial charge in [-0.2, -0.15) is 9.29 Å². The molecule has 0 saturated carbocycles. The van der Waals surface area contributed by atoms with Gasteiger partial charge in [-0.3, -0.25) is 28.0 Å². The standard InChI is InChI=1S/C52H81N3O17P2/c1-3-5-7-8-9-10-11-12-13-14-15-16-17-18-19-20-26-30-48(59)70-42-37-67-47(58)29-25-22-21-24-27-40-31-34-44(57)43(33-32-41(56)28-23-6-4-2)49(60)50(61)45(39-69-74(65,66)72-73(63,64)68-38-42)71-51(40)55-36-35-46(53)54-52(55)62/h9-10,12-13,15-16,21,24,31-36,40-43,45,49-51,56,60-61H,3-8,11,14,17-20,22-23,25-30,37-39H2,1-2H3,(H,63,64)(H,65,66)(H2,53,54,62)/b10-9-,13-12-,16-15-,24-21-,33-32+,34-31-/t40-,41-,42+,43-,45+,49-,50+,51+/m0/s1. The van der Waals surface area contributed by atoms with E-state index in [2.05, 4.69) is 52.7 Å². The van der Waals surface area contributed by atoms with Gasteiger partial charge in [0.1, 0.15) is 30.9 Å². The minimum atomic E-state index is -5.69. The van der Waals surface area contributed by atoms with Crippen molar-refractivity contribution in [1.29, 1.82) is 0 Å². The number of allylic oxidation sites excluding steroid dienone is 9. The number of rotatable bonds is 23. The summed E-state index contributed by atoms with van der Waals surface area (Å²) in [5, 5.41) is 33.9. The summed E-state index contributed by atoms with van der Waals surface area (Å²) in [6.45, 7) is 1.50. The number of nitrogens with zero attached hydrogens (tertiary/aromatic N) is 2. The van der Waals surface area contributed by atoms with Crippen LogP contribution in [-0.2, 0) is 51.1 Å². The number of unbranched alkanes of at least 4 members (excludes halogenated alkanes) is 9. The molecule has 22 heteroatoms. The summed E-state index contributed by atoms with van der Waals surface area (Å²) in [5.41, 5.74) is 4.83. The highest BCUT2D eigenvalue weighted by molar-refractivity contribution is 7.61. The predicted octanol–water partition coefficient (Wildman–Crippen LogP) is 8.51. The van der Waals surface area contributed by atoms with Crippen molar-refractivity contribution in [2.24, 2.45) is 11.8 Å². The van der Waals surface area contributed by atoms with Gasteiger partial charge < -0.3 is 45.1 Å². The molecule has 7 N–H and O–H groups in total. The first-order chi connectivity index (χ1) is 35.4. The Morgan fingerprint density at radius 2 is 1.51 bits per heavy atom. The minimum Gasteiger partial charge on any atom is -0.462 e. The number of cyclic esters (lactones) is 1. The molecule has 2 unspecified atom stereocenters. The Hall–Kier alpha value is -4.17. The van der Waals surface area contributed by atoms with Crippen LogP contribution in [0.4, 0.5) is 5.82 Å². The van der Waals surface area contributed by atoms with E-state index in [1.807, 2.05) is 6.92 Å². The van der Waals surface area contributed by atoms with Gasteiger partial charge in [0.25, 0.3) is 0 Å². The predicted molar refractivity (Wildman–Crippen MR) is 279 cm³/mol. The molecule has 3 heterocycles. The van der Waals surface area contributed by atoms with Crippen molar-refractivity contribution >= 4 is 39.2 Å². The SMILES string of the molecule is CCCCC/C=C\C/C=C\C/C=C\CCCCCCC(=O)O[C@@H]1COC(=O)CCC/C=C\C[C@H]2/C=C\C(=O)[C@H](/C=C/[C@@H](O)CCCCC)[C@H](O)[C@H](O)[C@@H](COP(=O)(O)OP(=O)(O)OC1)O[C@H]2n1ccc(N)nc1=O. The second kappa shape index (κ2) is 36.0. The van der Waals surface area contributed by atoms with Crippen LogP contribution in [-0.4, -0.2) is 103 Å². The van der Waals surface area contributed by atoms with Crippen LogP contribution in [0.5, 0.6) is 0 Å². The van der Waals surface area contributed by atoms with Crippen molar-refractivity contribution < 1.29 is 76.2 Å². The van der Waals surface area contributed by atoms with E-state index in [1.54, 1.807) is 12.2 Å². The number of hydrogen-bond donors (Lipinski definition) is 6. The summed E-state index contributed by atoms with van der Waals surface area (Å²) >= 11 is 0. The minimum absolute atomic E-state index is 0.0194. The maximum atomic E-state index is 13.8. The number of nitrogens with two attached hydrogens (primary N) is 1. The van der Waals surface area contributed by atoms with Gasteiger partial charge in [-0.05, 0) is 82.8 Å². The van der Waals surface area contributed by atoms with E-state index < -0.39 is 107 Å². The molecule has 2 aliphatic heterocycles. The highest BCUT2D eigenvalue weighted by Crippen LogP contribution is 2.60. The van der Waals surface area contributed by atoms with E-state index in [-0.39, 0.29) is 31.5 Å². The molecule has 1 aromatic heterocycles. The number of anilines is 1. The van der Waals surface area contributed by atoms with Gasteiger partial charge in [0, 0.05) is 25.0 Å². The first-order valence-corrected chi connectivity index (χ1v) is 29.0. The van der Waals surface area contributed by atoms with Gasteiger partial charge in [0.15, 0.2) is 11.9 Å². The molecule has 1 aromatic rings. The van der Waals surface area contributed by atoms with Crippen LogP contribution < -0.4 is 11.4 Å². The molecule has 74 heavy (non-hydrogen) atoms. The highest BCUT2D eigenvalue weighted by atomic mass is 31.3. The Morgan fingerprint density at radius 3 is 2.20 bits per heavy atom. The smallest absolute Gasteiger partial charge is 0.462 e. The molecule has 2 aliphatic rings. The summed E-state index contributed by atoms with van der Waals surface area (Å²) in [6, 6.07) is 1.28. The van der Waals surface area contributed by atoms with Gasteiger partial charge in [-0.25, -0.2) is 13.9 Å². The topological polar surface area (TPSA) is 303 Å². The molecule has 0 spiro atoms. The average Bonchev–Trinajstić information content (AvgIpc) is 3.34. The number of fused-ring (bicyclic) bond motifs is 3. The van der Waals surface area contributed by atoms with Crippen LogP contribution in [0.3, 0.4) is 0 Å². The van der Waals surface area contributed by atoms with Crippen molar-refractivity contribution in [3.05, 3.63) is 95.7 Å². The van der Waals surface area contributed by atoms with E-state index in [0.29, 0.717) is 25.7 Å². The summed E-state index contributed by atoms with van der Waals surface area (Å²) in [6.07, 6.45) is 26.6. The number of hydrogen-bond acceptors (Lipinski definition) is 17. The molecule has 0 saturated heterocycles. The molecule has 0 radical (unpaired) electrons. The fraction of sp³-hybridized carbons (Fsp3) is 0.635. The molecule has 20 nitrogen and oxygen atoms in total. The van der Waals surface area contributed by atoms with Gasteiger partial charge in [0.05, 0.1) is 31.3 Å². The molecular weight excluding hydrogens is 1000 g/mol. The van der Waals surface area contributed by atoms with Crippen LogP contribution in [0.15, 0.2) is 90.0 Å². The molecule has 0 aromatic carbocycles. The highest BCUT2D eigenvalue weighted by Gasteiger charge is 2.42. The Kier molecular flexibility index (Phi) is 31.2.